The van der Waals surface area contributed by atoms with Crippen LogP contribution in [0.3, 0.4) is 0 Å². The van der Waals surface area contributed by atoms with E-state index in [1.54, 1.807) is 0 Å². The largest absolute Gasteiger partial charge is 0.417 e. The zero-order chi connectivity index (χ0) is 21.7. The molecule has 1 N–H and O–H groups in total. The number of hydrogen-bond donors (Lipinski definition) is 1. The first kappa shape index (κ1) is 20.4. The molecule has 0 bridgehead atoms. The van der Waals surface area contributed by atoms with Crippen molar-refractivity contribution in [3.05, 3.63) is 80.9 Å². The second-order valence-corrected chi connectivity index (χ2v) is 8.24. The molecule has 0 fully saturated rings. The maximum atomic E-state index is 12.7. The fourth-order valence-electron chi connectivity index (χ4n) is 3.84. The van der Waals surface area contributed by atoms with Crippen LogP contribution in [0.1, 0.15) is 43.0 Å². The molecule has 0 spiro atoms. The van der Waals surface area contributed by atoms with Crippen molar-refractivity contribution in [3.8, 4) is 5.82 Å². The zero-order valence-electron chi connectivity index (χ0n) is 16.2. The Morgan fingerprint density at radius 1 is 1.17 bits per heavy atom. The summed E-state index contributed by atoms with van der Waals surface area (Å²) < 4.78 is 39.0. The van der Waals surface area contributed by atoms with Crippen molar-refractivity contribution in [2.45, 2.75) is 37.9 Å². The maximum Gasteiger partial charge on any atom is 0.417 e. The molecule has 0 saturated carbocycles. The van der Waals surface area contributed by atoms with Crippen LogP contribution in [0.4, 0.5) is 18.9 Å². The van der Waals surface area contributed by atoms with Crippen LogP contribution in [0.5, 0.6) is 0 Å². The highest BCUT2D eigenvalue weighted by molar-refractivity contribution is 6.33. The molecular formula is C21H18ClF3N4O. The topological polar surface area (TPSA) is 59.8 Å². The van der Waals surface area contributed by atoms with Crippen molar-refractivity contribution in [2.75, 3.05) is 5.32 Å². The molecule has 4 rings (SSSR count). The monoisotopic (exact) mass is 434 g/mol. The van der Waals surface area contributed by atoms with Crippen molar-refractivity contribution >= 4 is 17.3 Å². The second kappa shape index (κ2) is 7.12. The van der Waals surface area contributed by atoms with Crippen LogP contribution in [0.2, 0.25) is 5.02 Å². The van der Waals surface area contributed by atoms with Gasteiger partial charge in [-0.1, -0.05) is 49.7 Å². The van der Waals surface area contributed by atoms with Gasteiger partial charge in [-0.25, -0.2) is 4.98 Å². The number of nitrogens with one attached hydrogen (secondary N) is 1. The molecule has 1 atom stereocenters. The van der Waals surface area contributed by atoms with Crippen LogP contribution in [-0.2, 0) is 11.6 Å². The summed E-state index contributed by atoms with van der Waals surface area (Å²) in [7, 11) is 0. The van der Waals surface area contributed by atoms with Crippen LogP contribution in [-0.4, -0.2) is 14.8 Å². The van der Waals surface area contributed by atoms with Gasteiger partial charge in [0, 0.05) is 6.20 Å². The van der Waals surface area contributed by atoms with E-state index in [9.17, 15) is 18.0 Å². The zero-order valence-corrected chi connectivity index (χ0v) is 16.9. The minimum absolute atomic E-state index is 0.0344. The molecule has 1 aromatic carbocycles. The van der Waals surface area contributed by atoms with E-state index >= 15 is 0 Å². The summed E-state index contributed by atoms with van der Waals surface area (Å²) in [6, 6.07) is 9.96. The summed E-state index contributed by atoms with van der Waals surface area (Å²) in [5.74, 6) is -0.0474. The molecular weight excluding hydrogens is 417 g/mol. The van der Waals surface area contributed by atoms with Gasteiger partial charge in [-0.2, -0.15) is 23.0 Å². The van der Waals surface area contributed by atoms with Gasteiger partial charge in [-0.05, 0) is 35.1 Å². The number of fused-ring (bicyclic) bond motifs is 1. The quantitative estimate of drug-likeness (QED) is 0.620. The van der Waals surface area contributed by atoms with E-state index in [0.29, 0.717) is 11.9 Å². The van der Waals surface area contributed by atoms with Gasteiger partial charge in [0.1, 0.15) is 5.02 Å². The van der Waals surface area contributed by atoms with Gasteiger partial charge < -0.3 is 5.32 Å². The number of rotatable bonds is 3. The third-order valence-corrected chi connectivity index (χ3v) is 5.69. The molecule has 2 heterocycles. The van der Waals surface area contributed by atoms with Gasteiger partial charge in [0.05, 0.1) is 23.5 Å². The first-order valence-corrected chi connectivity index (χ1v) is 9.63. The number of halogens is 4. The number of benzene rings is 1. The summed E-state index contributed by atoms with van der Waals surface area (Å²) in [4.78, 5) is 16.4. The van der Waals surface area contributed by atoms with E-state index < -0.39 is 17.3 Å². The fraction of sp³-hybridized carbons (Fsp3) is 0.286. The van der Waals surface area contributed by atoms with Gasteiger partial charge in [0.25, 0.3) is 5.56 Å². The van der Waals surface area contributed by atoms with E-state index in [1.807, 2.05) is 18.2 Å². The van der Waals surface area contributed by atoms with E-state index in [4.69, 9.17) is 11.6 Å². The lowest BCUT2D eigenvalue weighted by molar-refractivity contribution is -0.137. The van der Waals surface area contributed by atoms with Gasteiger partial charge in [0.2, 0.25) is 0 Å². The highest BCUT2D eigenvalue weighted by Gasteiger charge is 2.37. The third-order valence-electron chi connectivity index (χ3n) is 5.32. The van der Waals surface area contributed by atoms with Crippen molar-refractivity contribution in [2.24, 2.45) is 0 Å². The lowest BCUT2D eigenvalue weighted by Crippen LogP contribution is -2.24. The van der Waals surface area contributed by atoms with Gasteiger partial charge in [-0.3, -0.25) is 4.79 Å². The minimum Gasteiger partial charge on any atom is -0.376 e. The lowest BCUT2D eigenvalue weighted by Gasteiger charge is -2.20. The second-order valence-electron chi connectivity index (χ2n) is 7.86. The Labute approximate surface area is 175 Å². The highest BCUT2D eigenvalue weighted by Crippen LogP contribution is 2.46. The Balaban J connectivity index is 1.64. The molecule has 30 heavy (non-hydrogen) atoms. The smallest absolute Gasteiger partial charge is 0.376 e. The summed E-state index contributed by atoms with van der Waals surface area (Å²) in [5, 5.41) is 7.24. The van der Waals surface area contributed by atoms with E-state index in [2.05, 4.69) is 35.3 Å². The summed E-state index contributed by atoms with van der Waals surface area (Å²) in [5.41, 5.74) is 1.11. The highest BCUT2D eigenvalue weighted by atomic mass is 35.5. The molecule has 0 aliphatic heterocycles. The predicted octanol–water partition coefficient (Wildman–Crippen LogP) is 5.13. The maximum absolute atomic E-state index is 12.7. The molecule has 2 aromatic heterocycles. The lowest BCUT2D eigenvalue weighted by atomic mass is 9.86. The Morgan fingerprint density at radius 2 is 1.90 bits per heavy atom. The van der Waals surface area contributed by atoms with Gasteiger partial charge >= 0.3 is 6.18 Å². The molecule has 1 aliphatic carbocycles. The summed E-state index contributed by atoms with van der Waals surface area (Å²) in [6.07, 6.45) is -1.66. The number of hydrogen-bond acceptors (Lipinski definition) is 4. The van der Waals surface area contributed by atoms with Crippen molar-refractivity contribution in [1.82, 2.24) is 14.8 Å². The third kappa shape index (κ3) is 3.56. The van der Waals surface area contributed by atoms with Crippen LogP contribution in [0, 0.1) is 0 Å². The molecule has 1 unspecified atom stereocenters. The standard InChI is InChI=1S/C21H18ClF3N4O/c1-20(2)9-15(13-5-3-4-6-14(13)20)28-16-11-27-29(19(30)18(16)22)17-8-7-12(10-26-17)21(23,24)25/h3-8,10-11,15,28H,9H2,1-2H3. The van der Waals surface area contributed by atoms with Crippen molar-refractivity contribution < 1.29 is 13.2 Å². The van der Waals surface area contributed by atoms with E-state index in [0.717, 1.165) is 28.8 Å². The normalized spacial score (nSPS) is 17.6. The van der Waals surface area contributed by atoms with Crippen molar-refractivity contribution in [3.63, 3.8) is 0 Å². The molecule has 1 aliphatic rings. The molecule has 0 radical (unpaired) electrons. The number of nitrogens with zero attached hydrogens (tertiary/aromatic N) is 3. The van der Waals surface area contributed by atoms with E-state index in [-0.39, 0.29) is 22.3 Å². The Morgan fingerprint density at radius 3 is 2.57 bits per heavy atom. The van der Waals surface area contributed by atoms with Crippen molar-refractivity contribution in [1.29, 1.82) is 0 Å². The fourth-order valence-corrected chi connectivity index (χ4v) is 4.02. The van der Waals surface area contributed by atoms with Crippen LogP contribution in [0.25, 0.3) is 5.82 Å². The van der Waals surface area contributed by atoms with Crippen LogP contribution >= 0.6 is 11.6 Å². The molecule has 9 heteroatoms. The Kier molecular flexibility index (Phi) is 4.85. The first-order chi connectivity index (χ1) is 14.1. The molecule has 0 amide bonds. The molecule has 0 saturated heterocycles. The average molecular weight is 435 g/mol. The number of pyridine rings is 1. The van der Waals surface area contributed by atoms with Gasteiger partial charge in [0.15, 0.2) is 5.82 Å². The SMILES string of the molecule is CC1(C)CC(Nc2cnn(-c3ccc(C(F)(F)F)cn3)c(=O)c2Cl)c2ccccc21. The molecule has 5 nitrogen and oxygen atoms in total. The van der Waals surface area contributed by atoms with Gasteiger partial charge in [-0.15, -0.1) is 0 Å². The van der Waals surface area contributed by atoms with E-state index in [1.165, 1.54) is 11.8 Å². The minimum atomic E-state index is -4.51. The van der Waals surface area contributed by atoms with Crippen LogP contribution < -0.4 is 10.9 Å². The Hall–Kier alpha value is -2.87. The molecule has 156 valence electrons. The summed E-state index contributed by atoms with van der Waals surface area (Å²) in [6.45, 7) is 4.31. The number of anilines is 1. The average Bonchev–Trinajstić information content (AvgIpc) is 2.96. The summed E-state index contributed by atoms with van der Waals surface area (Å²) >= 11 is 6.29. The predicted molar refractivity (Wildman–Crippen MR) is 108 cm³/mol. The number of alkyl halides is 3. The van der Waals surface area contributed by atoms with Crippen LogP contribution in [0.15, 0.2) is 53.6 Å². The number of aromatic nitrogens is 3. The molecule has 3 aromatic rings. The first-order valence-electron chi connectivity index (χ1n) is 9.25. The Bertz CT molecular complexity index is 1160.